The average molecular weight is 143 g/mol. The van der Waals surface area contributed by atoms with Gasteiger partial charge in [0.1, 0.15) is 0 Å². The van der Waals surface area contributed by atoms with Crippen LogP contribution in [0.2, 0.25) is 0 Å². The van der Waals surface area contributed by atoms with E-state index >= 15 is 0 Å². The zero-order valence-electron chi connectivity index (χ0n) is 6.88. The molecular formula is C8H17NO. The van der Waals surface area contributed by atoms with E-state index in [1.165, 1.54) is 0 Å². The SMILES string of the molecule is C=CC[N+](C)(C)CC=C.[OH-]. The molecule has 0 spiro atoms. The maximum absolute atomic E-state index is 3.68. The van der Waals surface area contributed by atoms with Crippen molar-refractivity contribution in [1.82, 2.24) is 0 Å². The van der Waals surface area contributed by atoms with Gasteiger partial charge in [-0.2, -0.15) is 0 Å². The summed E-state index contributed by atoms with van der Waals surface area (Å²) in [6.45, 7) is 9.37. The molecule has 60 valence electrons. The second kappa shape index (κ2) is 5.21. The summed E-state index contributed by atoms with van der Waals surface area (Å²) in [6, 6.07) is 0. The monoisotopic (exact) mass is 143 g/mol. The predicted octanol–water partition coefficient (Wildman–Crippen LogP) is 1.26. The predicted molar refractivity (Wildman–Crippen MR) is 44.2 cm³/mol. The van der Waals surface area contributed by atoms with Gasteiger partial charge in [-0.25, -0.2) is 0 Å². The number of rotatable bonds is 4. The van der Waals surface area contributed by atoms with Gasteiger partial charge in [-0.1, -0.05) is 13.2 Å². The summed E-state index contributed by atoms with van der Waals surface area (Å²) in [6.07, 6.45) is 3.87. The smallest absolute Gasteiger partial charge is 0.0969 e. The molecule has 0 aromatic carbocycles. The van der Waals surface area contributed by atoms with Crippen LogP contribution in [-0.4, -0.2) is 37.1 Å². The molecular weight excluding hydrogens is 126 g/mol. The van der Waals surface area contributed by atoms with Gasteiger partial charge in [0.25, 0.3) is 0 Å². The van der Waals surface area contributed by atoms with Crippen molar-refractivity contribution in [2.75, 3.05) is 27.2 Å². The van der Waals surface area contributed by atoms with Crippen LogP contribution >= 0.6 is 0 Å². The second-order valence-corrected chi connectivity index (χ2v) is 2.88. The normalized spacial score (nSPS) is 9.80. The summed E-state index contributed by atoms with van der Waals surface area (Å²) in [5.74, 6) is 0. The first-order valence-electron chi connectivity index (χ1n) is 3.16. The first kappa shape index (κ1) is 12.1. The van der Waals surface area contributed by atoms with E-state index in [9.17, 15) is 0 Å². The van der Waals surface area contributed by atoms with Crippen molar-refractivity contribution in [2.45, 2.75) is 0 Å². The molecule has 0 aromatic rings. The van der Waals surface area contributed by atoms with Crippen LogP contribution in [0.5, 0.6) is 0 Å². The number of nitrogens with zero attached hydrogens (tertiary/aromatic N) is 1. The van der Waals surface area contributed by atoms with Gasteiger partial charge >= 0.3 is 0 Å². The lowest BCUT2D eigenvalue weighted by atomic mass is 10.4. The Kier molecular flexibility index (Phi) is 6.31. The number of likely N-dealkylation sites (N-methyl/N-ethyl adjacent to an activating group) is 1. The van der Waals surface area contributed by atoms with Gasteiger partial charge in [-0.15, -0.1) is 0 Å². The van der Waals surface area contributed by atoms with Gasteiger partial charge in [0.2, 0.25) is 0 Å². The molecule has 0 amide bonds. The van der Waals surface area contributed by atoms with E-state index in [-0.39, 0.29) is 5.48 Å². The minimum absolute atomic E-state index is 0. The van der Waals surface area contributed by atoms with Gasteiger partial charge < -0.3 is 9.96 Å². The van der Waals surface area contributed by atoms with Crippen LogP contribution in [-0.2, 0) is 0 Å². The van der Waals surface area contributed by atoms with Crippen LogP contribution in [0, 0.1) is 0 Å². The molecule has 10 heavy (non-hydrogen) atoms. The van der Waals surface area contributed by atoms with Crippen LogP contribution in [0.4, 0.5) is 0 Å². The van der Waals surface area contributed by atoms with E-state index in [0.717, 1.165) is 17.6 Å². The molecule has 0 aliphatic carbocycles. The van der Waals surface area contributed by atoms with Crippen molar-refractivity contribution >= 4 is 0 Å². The van der Waals surface area contributed by atoms with E-state index in [1.54, 1.807) is 0 Å². The summed E-state index contributed by atoms with van der Waals surface area (Å²) in [4.78, 5) is 0. The Bertz CT molecular complexity index is 95.8. The number of hydrogen-bond acceptors (Lipinski definition) is 1. The molecule has 0 heterocycles. The van der Waals surface area contributed by atoms with Gasteiger partial charge in [0.15, 0.2) is 0 Å². The molecule has 0 rings (SSSR count). The molecule has 0 aliphatic rings. The van der Waals surface area contributed by atoms with Crippen molar-refractivity contribution < 1.29 is 9.96 Å². The van der Waals surface area contributed by atoms with Crippen molar-refractivity contribution in [2.24, 2.45) is 0 Å². The van der Waals surface area contributed by atoms with E-state index in [0.29, 0.717) is 0 Å². The molecule has 2 nitrogen and oxygen atoms in total. The number of hydrogen-bond donors (Lipinski definition) is 0. The first-order chi connectivity index (χ1) is 4.12. The molecule has 0 aromatic heterocycles. The molecule has 1 N–H and O–H groups in total. The lowest BCUT2D eigenvalue weighted by Gasteiger charge is -2.26. The molecule has 0 atom stereocenters. The van der Waals surface area contributed by atoms with Crippen LogP contribution in [0.3, 0.4) is 0 Å². The third-order valence-corrected chi connectivity index (χ3v) is 1.25. The molecule has 0 radical (unpaired) electrons. The topological polar surface area (TPSA) is 30.0 Å². The number of quaternary nitrogens is 1. The van der Waals surface area contributed by atoms with Crippen molar-refractivity contribution in [3.05, 3.63) is 25.3 Å². The zero-order valence-corrected chi connectivity index (χ0v) is 6.88. The fourth-order valence-electron chi connectivity index (χ4n) is 0.774. The third-order valence-electron chi connectivity index (χ3n) is 1.25. The Morgan fingerprint density at radius 1 is 1.10 bits per heavy atom. The highest BCUT2D eigenvalue weighted by atomic mass is 16.0. The molecule has 2 heteroatoms. The van der Waals surface area contributed by atoms with Crippen LogP contribution in [0.15, 0.2) is 25.3 Å². The maximum atomic E-state index is 3.68. The van der Waals surface area contributed by atoms with Gasteiger partial charge in [-0.05, 0) is 12.2 Å². The highest BCUT2D eigenvalue weighted by Gasteiger charge is 2.07. The first-order valence-corrected chi connectivity index (χ1v) is 3.16. The fraction of sp³-hybridized carbons (Fsp3) is 0.500. The Balaban J connectivity index is 0. The van der Waals surface area contributed by atoms with E-state index in [1.807, 2.05) is 12.2 Å². The lowest BCUT2D eigenvalue weighted by molar-refractivity contribution is -0.878. The highest BCUT2D eigenvalue weighted by Crippen LogP contribution is 1.95. The largest absolute Gasteiger partial charge is 0.870 e. The fourth-order valence-corrected chi connectivity index (χ4v) is 0.774. The van der Waals surface area contributed by atoms with Gasteiger partial charge in [-0.3, -0.25) is 0 Å². The molecule has 0 saturated heterocycles. The van der Waals surface area contributed by atoms with E-state index in [4.69, 9.17) is 0 Å². The van der Waals surface area contributed by atoms with E-state index in [2.05, 4.69) is 27.3 Å². The Labute approximate surface area is 63.4 Å². The summed E-state index contributed by atoms with van der Waals surface area (Å²) < 4.78 is 0.951. The van der Waals surface area contributed by atoms with Gasteiger partial charge in [0, 0.05) is 0 Å². The molecule has 0 aliphatic heterocycles. The maximum Gasteiger partial charge on any atom is 0.0969 e. The zero-order chi connectivity index (χ0) is 7.33. The summed E-state index contributed by atoms with van der Waals surface area (Å²) in [7, 11) is 4.31. The van der Waals surface area contributed by atoms with E-state index < -0.39 is 0 Å². The standard InChI is InChI=1S/C8H16N.H2O/c1-5-7-9(3,4)8-6-2;/h5-6H,1-2,7-8H2,3-4H3;1H2/q+1;/p-1. The third kappa shape index (κ3) is 5.54. The van der Waals surface area contributed by atoms with Crippen molar-refractivity contribution in [3.8, 4) is 0 Å². The van der Waals surface area contributed by atoms with Crippen molar-refractivity contribution in [1.29, 1.82) is 0 Å². The Morgan fingerprint density at radius 3 is 1.60 bits per heavy atom. The summed E-state index contributed by atoms with van der Waals surface area (Å²) in [5.41, 5.74) is 0. The second-order valence-electron chi connectivity index (χ2n) is 2.88. The minimum atomic E-state index is 0. The molecule has 0 fully saturated rings. The molecule has 0 unspecified atom stereocenters. The lowest BCUT2D eigenvalue weighted by Crippen LogP contribution is -2.39. The minimum Gasteiger partial charge on any atom is -0.870 e. The Morgan fingerprint density at radius 2 is 1.40 bits per heavy atom. The van der Waals surface area contributed by atoms with Crippen LogP contribution in [0.25, 0.3) is 0 Å². The van der Waals surface area contributed by atoms with Crippen LogP contribution in [0.1, 0.15) is 0 Å². The highest BCUT2D eigenvalue weighted by molar-refractivity contribution is 4.69. The van der Waals surface area contributed by atoms with Crippen molar-refractivity contribution in [3.63, 3.8) is 0 Å². The Hall–Kier alpha value is -0.600. The molecule has 0 saturated carbocycles. The van der Waals surface area contributed by atoms with Gasteiger partial charge in [0.05, 0.1) is 27.2 Å². The summed E-state index contributed by atoms with van der Waals surface area (Å²) in [5, 5.41) is 0. The van der Waals surface area contributed by atoms with Crippen LogP contribution < -0.4 is 0 Å². The summed E-state index contributed by atoms with van der Waals surface area (Å²) >= 11 is 0. The quantitative estimate of drug-likeness (QED) is 0.430. The molecule has 0 bridgehead atoms. The average Bonchev–Trinajstić information content (AvgIpc) is 1.64.